The van der Waals surface area contributed by atoms with Crippen molar-refractivity contribution in [2.75, 3.05) is 26.3 Å². The predicted molar refractivity (Wildman–Crippen MR) is 94.9 cm³/mol. The number of aromatic amines is 1. The number of imidazole rings is 1. The van der Waals surface area contributed by atoms with Gasteiger partial charge in [0.15, 0.2) is 0 Å². The van der Waals surface area contributed by atoms with Crippen LogP contribution in [0.4, 0.5) is 0 Å². The largest absolute Gasteiger partial charge is 1.00 e. The van der Waals surface area contributed by atoms with E-state index in [1.54, 1.807) is 18.2 Å². The van der Waals surface area contributed by atoms with Gasteiger partial charge in [-0.25, -0.2) is 13.4 Å². The first kappa shape index (κ1) is 18.8. The Morgan fingerprint density at radius 1 is 1.08 bits per heavy atom. The van der Waals surface area contributed by atoms with Crippen molar-refractivity contribution < 1.29 is 25.6 Å². The van der Waals surface area contributed by atoms with Crippen LogP contribution in [0.15, 0.2) is 53.4 Å². The second-order valence-corrected chi connectivity index (χ2v) is 7.98. The maximum Gasteiger partial charge on any atom is 0.243 e. The summed E-state index contributed by atoms with van der Waals surface area (Å²) in [6, 6.07) is 15.1. The van der Waals surface area contributed by atoms with Crippen LogP contribution in [0.2, 0.25) is 0 Å². The molecule has 0 aliphatic carbocycles. The van der Waals surface area contributed by atoms with Gasteiger partial charge in [0.25, 0.3) is 0 Å². The molecule has 0 bridgehead atoms. The van der Waals surface area contributed by atoms with Crippen molar-refractivity contribution >= 4 is 21.1 Å². The molecule has 138 valence electrons. The highest BCUT2D eigenvalue weighted by molar-refractivity contribution is 7.89. The van der Waals surface area contributed by atoms with E-state index < -0.39 is 10.0 Å². The average molecular weight is 393 g/mol. The Labute approximate surface area is 158 Å². The number of fused-ring (bicyclic) bond motifs is 1. The van der Waals surface area contributed by atoms with Gasteiger partial charge in [-0.05, 0) is 23.8 Å². The minimum Gasteiger partial charge on any atom is -1.00 e. The van der Waals surface area contributed by atoms with Gasteiger partial charge in [0.05, 0.1) is 29.1 Å². The molecule has 0 spiro atoms. The summed E-state index contributed by atoms with van der Waals surface area (Å²) in [5.74, 6) is 0.821. The fourth-order valence-corrected chi connectivity index (χ4v) is 4.45. The van der Waals surface area contributed by atoms with E-state index in [0.29, 0.717) is 32.7 Å². The highest BCUT2D eigenvalue weighted by Gasteiger charge is 2.26. The smallest absolute Gasteiger partial charge is 0.243 e. The fraction of sp³-hybridized carbons (Fsp3) is 0.278. The molecule has 1 aliphatic heterocycles. The molecule has 1 fully saturated rings. The van der Waals surface area contributed by atoms with Gasteiger partial charge in [0.2, 0.25) is 10.0 Å². The van der Waals surface area contributed by atoms with Crippen LogP contribution >= 0.6 is 0 Å². The number of hydrogen-bond donors (Lipinski definition) is 1. The number of morpholine rings is 1. The monoisotopic (exact) mass is 392 g/mol. The lowest BCUT2D eigenvalue weighted by atomic mass is 10.1. The summed E-state index contributed by atoms with van der Waals surface area (Å²) in [4.78, 5) is 8.09. The molecule has 8 heteroatoms. The van der Waals surface area contributed by atoms with Gasteiger partial charge in [0, 0.05) is 19.5 Å². The van der Waals surface area contributed by atoms with Crippen molar-refractivity contribution in [3.63, 3.8) is 0 Å². The Bertz CT molecular complexity index is 983. The number of ether oxygens (including phenoxy) is 1. The van der Waals surface area contributed by atoms with Crippen LogP contribution in [-0.2, 0) is 21.2 Å². The van der Waals surface area contributed by atoms with E-state index in [9.17, 15) is 8.42 Å². The van der Waals surface area contributed by atoms with Crippen LogP contribution in [0, 0.1) is 0 Å². The lowest BCUT2D eigenvalue weighted by molar-refractivity contribution is -0.00000808. The van der Waals surface area contributed by atoms with Crippen LogP contribution < -0.4 is 12.4 Å². The standard InChI is InChI=1S/C18H19N3O3S.ClH/c22-25(23,21-8-10-24-11-9-21)15-6-7-16-17(13-15)20-18(19-16)12-14-4-2-1-3-5-14;/h1-7,13H,8-12H2,(H,19,20);1H/p-1. The second kappa shape index (κ2) is 7.75. The van der Waals surface area contributed by atoms with Crippen molar-refractivity contribution in [3.8, 4) is 0 Å². The van der Waals surface area contributed by atoms with E-state index in [1.165, 1.54) is 4.31 Å². The topological polar surface area (TPSA) is 75.3 Å². The summed E-state index contributed by atoms with van der Waals surface area (Å²) in [5, 5.41) is 0. The van der Waals surface area contributed by atoms with Crippen LogP contribution in [0.1, 0.15) is 11.4 Å². The zero-order chi connectivity index (χ0) is 17.3. The number of nitrogens with one attached hydrogen (secondary N) is 1. The molecule has 1 saturated heterocycles. The number of rotatable bonds is 4. The van der Waals surface area contributed by atoms with E-state index in [-0.39, 0.29) is 17.3 Å². The average Bonchev–Trinajstić information content (AvgIpc) is 3.04. The molecule has 0 amide bonds. The molecular formula is C18H19ClN3O3S-. The van der Waals surface area contributed by atoms with Gasteiger partial charge in [-0.3, -0.25) is 0 Å². The van der Waals surface area contributed by atoms with Crippen LogP contribution in [-0.4, -0.2) is 49.0 Å². The second-order valence-electron chi connectivity index (χ2n) is 6.04. The number of hydrogen-bond acceptors (Lipinski definition) is 4. The zero-order valence-electron chi connectivity index (χ0n) is 14.1. The molecular weight excluding hydrogens is 374 g/mol. The van der Waals surface area contributed by atoms with Crippen molar-refractivity contribution in [2.24, 2.45) is 0 Å². The Morgan fingerprint density at radius 3 is 2.54 bits per heavy atom. The molecule has 0 atom stereocenters. The summed E-state index contributed by atoms with van der Waals surface area (Å²) in [6.07, 6.45) is 0.682. The Balaban J connectivity index is 0.00000196. The minimum absolute atomic E-state index is 0. The minimum atomic E-state index is -3.50. The number of benzene rings is 2. The molecule has 4 rings (SSSR count). The molecule has 3 aromatic rings. The quantitative estimate of drug-likeness (QED) is 0.629. The van der Waals surface area contributed by atoms with E-state index >= 15 is 0 Å². The number of halogens is 1. The van der Waals surface area contributed by atoms with Gasteiger partial charge in [-0.2, -0.15) is 4.31 Å². The third-order valence-electron chi connectivity index (χ3n) is 4.32. The van der Waals surface area contributed by atoms with Crippen molar-refractivity contribution in [1.29, 1.82) is 0 Å². The highest BCUT2D eigenvalue weighted by Crippen LogP contribution is 2.22. The third kappa shape index (κ3) is 3.76. The van der Waals surface area contributed by atoms with Gasteiger partial charge < -0.3 is 22.1 Å². The first-order valence-corrected chi connectivity index (χ1v) is 9.67. The summed E-state index contributed by atoms with van der Waals surface area (Å²) in [7, 11) is -3.50. The molecule has 6 nitrogen and oxygen atoms in total. The molecule has 2 aromatic carbocycles. The number of sulfonamides is 1. The number of nitrogens with zero attached hydrogens (tertiary/aromatic N) is 2. The SMILES string of the molecule is O=S(=O)(c1ccc2nc(Cc3ccccc3)[nH]c2c1)N1CCOCC1.[Cl-]. The summed E-state index contributed by atoms with van der Waals surface area (Å²) in [5.41, 5.74) is 2.66. The number of aromatic nitrogens is 2. The summed E-state index contributed by atoms with van der Waals surface area (Å²) >= 11 is 0. The molecule has 26 heavy (non-hydrogen) atoms. The third-order valence-corrected chi connectivity index (χ3v) is 6.22. The molecule has 0 saturated carbocycles. The lowest BCUT2D eigenvalue weighted by Gasteiger charge is -2.25. The maximum atomic E-state index is 12.8. The van der Waals surface area contributed by atoms with E-state index in [2.05, 4.69) is 9.97 Å². The Kier molecular flexibility index (Phi) is 5.62. The van der Waals surface area contributed by atoms with Gasteiger partial charge in [-0.1, -0.05) is 30.3 Å². The Morgan fingerprint density at radius 2 is 1.81 bits per heavy atom. The first-order valence-electron chi connectivity index (χ1n) is 8.23. The van der Waals surface area contributed by atoms with Gasteiger partial charge in [-0.15, -0.1) is 0 Å². The van der Waals surface area contributed by atoms with Crippen LogP contribution in [0.5, 0.6) is 0 Å². The van der Waals surface area contributed by atoms with E-state index in [0.717, 1.165) is 22.4 Å². The van der Waals surface area contributed by atoms with Crippen LogP contribution in [0.3, 0.4) is 0 Å². The molecule has 1 aliphatic rings. The normalized spacial score (nSPS) is 15.7. The molecule has 0 radical (unpaired) electrons. The van der Waals surface area contributed by atoms with Crippen molar-refractivity contribution in [3.05, 3.63) is 59.9 Å². The van der Waals surface area contributed by atoms with Gasteiger partial charge >= 0.3 is 0 Å². The first-order chi connectivity index (χ1) is 12.1. The van der Waals surface area contributed by atoms with E-state index in [4.69, 9.17) is 4.74 Å². The number of H-pyrrole nitrogens is 1. The predicted octanol–water partition coefficient (Wildman–Crippen LogP) is -0.821. The Hall–Kier alpha value is -1.93. The fourth-order valence-electron chi connectivity index (χ4n) is 3.01. The summed E-state index contributed by atoms with van der Waals surface area (Å²) in [6.45, 7) is 1.66. The molecule has 1 N–H and O–H groups in total. The molecule has 2 heterocycles. The molecule has 0 unspecified atom stereocenters. The van der Waals surface area contributed by atoms with Crippen molar-refractivity contribution in [2.45, 2.75) is 11.3 Å². The van der Waals surface area contributed by atoms with Gasteiger partial charge in [0.1, 0.15) is 5.82 Å². The maximum absolute atomic E-state index is 12.8. The lowest BCUT2D eigenvalue weighted by Crippen LogP contribution is -3.00. The summed E-state index contributed by atoms with van der Waals surface area (Å²) < 4.78 is 32.2. The highest BCUT2D eigenvalue weighted by atomic mass is 35.5. The van der Waals surface area contributed by atoms with Crippen LogP contribution in [0.25, 0.3) is 11.0 Å². The molecule has 1 aromatic heterocycles. The van der Waals surface area contributed by atoms with Crippen molar-refractivity contribution in [1.82, 2.24) is 14.3 Å². The zero-order valence-corrected chi connectivity index (χ0v) is 15.6. The van der Waals surface area contributed by atoms with E-state index in [1.807, 2.05) is 30.3 Å².